The second-order valence-electron chi connectivity index (χ2n) is 7.30. The second kappa shape index (κ2) is 9.33. The Balaban J connectivity index is 1.73. The van der Waals surface area contributed by atoms with Crippen molar-refractivity contribution in [3.05, 3.63) is 71.0 Å². The van der Waals surface area contributed by atoms with Gasteiger partial charge >= 0.3 is 6.18 Å². The zero-order valence-corrected chi connectivity index (χ0v) is 18.2. The summed E-state index contributed by atoms with van der Waals surface area (Å²) in [6.45, 7) is 3.55. The van der Waals surface area contributed by atoms with Crippen LogP contribution in [0.25, 0.3) is 5.69 Å². The van der Waals surface area contributed by atoms with Crippen LogP contribution >= 0.6 is 0 Å². The number of carbonyl (C=O) groups excluding carboxylic acids is 1. The third-order valence-electron chi connectivity index (χ3n) is 5.12. The lowest BCUT2D eigenvalue weighted by atomic mass is 10.1. The van der Waals surface area contributed by atoms with Gasteiger partial charge < -0.3 is 14.8 Å². The fourth-order valence-corrected chi connectivity index (χ4v) is 3.47. The first-order valence-corrected chi connectivity index (χ1v) is 9.86. The van der Waals surface area contributed by atoms with E-state index in [2.05, 4.69) is 10.4 Å². The van der Waals surface area contributed by atoms with Crippen molar-refractivity contribution in [1.29, 1.82) is 0 Å². The van der Waals surface area contributed by atoms with Crippen LogP contribution in [0, 0.1) is 6.92 Å². The molecule has 1 N–H and O–H groups in total. The number of aromatic nitrogens is 2. The van der Waals surface area contributed by atoms with E-state index in [4.69, 9.17) is 9.47 Å². The Bertz CT molecular complexity index is 1110. The van der Waals surface area contributed by atoms with Crippen molar-refractivity contribution >= 4 is 5.91 Å². The van der Waals surface area contributed by atoms with Crippen molar-refractivity contribution in [3.63, 3.8) is 0 Å². The van der Waals surface area contributed by atoms with E-state index in [1.165, 1.54) is 25.0 Å². The molecule has 9 heteroatoms. The summed E-state index contributed by atoms with van der Waals surface area (Å²) in [4.78, 5) is 12.6. The molecule has 0 spiro atoms. The van der Waals surface area contributed by atoms with Gasteiger partial charge in [0.25, 0.3) is 0 Å². The maximum atomic E-state index is 13.0. The Labute approximate surface area is 184 Å². The van der Waals surface area contributed by atoms with Gasteiger partial charge in [-0.1, -0.05) is 12.1 Å². The topological polar surface area (TPSA) is 65.4 Å². The van der Waals surface area contributed by atoms with Crippen LogP contribution in [0.1, 0.15) is 35.3 Å². The maximum Gasteiger partial charge on any atom is 0.416 e. The van der Waals surface area contributed by atoms with E-state index in [-0.39, 0.29) is 18.4 Å². The average Bonchev–Trinajstić information content (AvgIpc) is 3.14. The first-order chi connectivity index (χ1) is 15.1. The first kappa shape index (κ1) is 23.2. The predicted molar refractivity (Wildman–Crippen MR) is 113 cm³/mol. The summed E-state index contributed by atoms with van der Waals surface area (Å²) < 4.78 is 51.0. The smallest absolute Gasteiger partial charge is 0.416 e. The van der Waals surface area contributed by atoms with Crippen molar-refractivity contribution in [2.75, 3.05) is 14.2 Å². The number of carbonyl (C=O) groups is 1. The van der Waals surface area contributed by atoms with Gasteiger partial charge in [0.15, 0.2) is 11.5 Å². The van der Waals surface area contributed by atoms with Gasteiger partial charge in [0.1, 0.15) is 0 Å². The van der Waals surface area contributed by atoms with Gasteiger partial charge in [0, 0.05) is 11.3 Å². The van der Waals surface area contributed by atoms with Crippen LogP contribution < -0.4 is 14.8 Å². The zero-order valence-electron chi connectivity index (χ0n) is 18.2. The molecule has 32 heavy (non-hydrogen) atoms. The number of hydrogen-bond acceptors (Lipinski definition) is 4. The molecule has 0 saturated carbocycles. The van der Waals surface area contributed by atoms with Crippen molar-refractivity contribution in [2.24, 2.45) is 0 Å². The minimum Gasteiger partial charge on any atom is -0.493 e. The number of alkyl halides is 3. The molecule has 1 atom stereocenters. The van der Waals surface area contributed by atoms with Gasteiger partial charge in [-0.2, -0.15) is 18.3 Å². The van der Waals surface area contributed by atoms with Gasteiger partial charge in [-0.15, -0.1) is 0 Å². The molecule has 0 radical (unpaired) electrons. The third-order valence-corrected chi connectivity index (χ3v) is 5.12. The van der Waals surface area contributed by atoms with E-state index in [1.807, 2.05) is 0 Å². The van der Waals surface area contributed by atoms with Gasteiger partial charge in [0.05, 0.1) is 44.1 Å². The highest BCUT2D eigenvalue weighted by Crippen LogP contribution is 2.31. The molecular weight excluding hydrogens is 423 g/mol. The molecule has 1 heterocycles. The normalized spacial score (nSPS) is 12.3. The van der Waals surface area contributed by atoms with Crippen LogP contribution in [0.2, 0.25) is 0 Å². The highest BCUT2D eigenvalue weighted by molar-refractivity contribution is 5.79. The molecule has 0 aliphatic carbocycles. The molecule has 6 nitrogen and oxygen atoms in total. The lowest BCUT2D eigenvalue weighted by Crippen LogP contribution is -2.28. The summed E-state index contributed by atoms with van der Waals surface area (Å²) in [5.74, 6) is 0.891. The minimum atomic E-state index is -4.44. The van der Waals surface area contributed by atoms with Crippen LogP contribution in [0.5, 0.6) is 11.5 Å². The number of nitrogens with zero attached hydrogens (tertiary/aromatic N) is 2. The van der Waals surface area contributed by atoms with Crippen LogP contribution in [0.4, 0.5) is 13.2 Å². The minimum absolute atomic E-state index is 0.130. The van der Waals surface area contributed by atoms with E-state index in [0.29, 0.717) is 28.4 Å². The summed E-state index contributed by atoms with van der Waals surface area (Å²) in [6, 6.07) is 9.82. The summed E-state index contributed by atoms with van der Waals surface area (Å²) in [7, 11) is 3.06. The Kier molecular flexibility index (Phi) is 6.76. The number of nitrogens with one attached hydrogen (secondary N) is 1. The largest absolute Gasteiger partial charge is 0.493 e. The second-order valence-corrected chi connectivity index (χ2v) is 7.30. The molecule has 0 fully saturated rings. The van der Waals surface area contributed by atoms with Crippen LogP contribution in [0.15, 0.2) is 48.7 Å². The van der Waals surface area contributed by atoms with E-state index in [1.54, 1.807) is 44.3 Å². The van der Waals surface area contributed by atoms with E-state index in [9.17, 15) is 18.0 Å². The summed E-state index contributed by atoms with van der Waals surface area (Å²) in [6.07, 6.45) is -2.76. The summed E-state index contributed by atoms with van der Waals surface area (Å²) in [5, 5.41) is 7.14. The molecule has 1 amide bonds. The molecule has 0 unspecified atom stereocenters. The number of ether oxygens (including phenoxy) is 2. The third kappa shape index (κ3) is 5.04. The molecule has 0 aliphatic rings. The molecule has 3 aromatic rings. The Morgan fingerprint density at radius 3 is 2.50 bits per heavy atom. The lowest BCUT2D eigenvalue weighted by molar-refractivity contribution is -0.137. The number of rotatable bonds is 7. The molecule has 1 aromatic heterocycles. The van der Waals surface area contributed by atoms with Crippen molar-refractivity contribution in [2.45, 2.75) is 32.5 Å². The lowest BCUT2D eigenvalue weighted by Gasteiger charge is -2.15. The molecule has 0 aliphatic heterocycles. The van der Waals surface area contributed by atoms with Crippen LogP contribution in [-0.2, 0) is 17.4 Å². The van der Waals surface area contributed by atoms with Crippen molar-refractivity contribution < 1.29 is 27.4 Å². The molecule has 0 saturated heterocycles. The zero-order chi connectivity index (χ0) is 23.5. The molecule has 0 bridgehead atoms. The summed E-state index contributed by atoms with van der Waals surface area (Å²) in [5.41, 5.74) is 1.66. The Morgan fingerprint density at radius 1 is 1.12 bits per heavy atom. The van der Waals surface area contributed by atoms with Gasteiger partial charge in [-0.05, 0) is 49.7 Å². The molecule has 170 valence electrons. The number of halogens is 3. The molecule has 2 aromatic carbocycles. The average molecular weight is 447 g/mol. The number of methoxy groups -OCH3 is 2. The SMILES string of the molecule is COc1ccc(CC(=O)N[C@H](C)c2cnn(-c3cccc(C(F)(F)F)c3)c2C)cc1OC. The van der Waals surface area contributed by atoms with Crippen LogP contribution in [-0.4, -0.2) is 29.9 Å². The van der Waals surface area contributed by atoms with E-state index in [0.717, 1.165) is 17.7 Å². The number of benzene rings is 2. The van der Waals surface area contributed by atoms with Crippen LogP contribution in [0.3, 0.4) is 0 Å². The Morgan fingerprint density at radius 2 is 1.84 bits per heavy atom. The first-order valence-electron chi connectivity index (χ1n) is 9.86. The standard InChI is InChI=1S/C23H24F3N3O3/c1-14(28-22(30)11-16-8-9-20(31-3)21(10-16)32-4)19-13-27-29(15(19)2)18-7-5-6-17(12-18)23(24,25)26/h5-10,12-14H,11H2,1-4H3,(H,28,30)/t14-/m1/s1. The Hall–Kier alpha value is -3.49. The highest BCUT2D eigenvalue weighted by atomic mass is 19.4. The van der Waals surface area contributed by atoms with Gasteiger partial charge in [-0.3, -0.25) is 4.79 Å². The molecule has 3 rings (SSSR count). The monoisotopic (exact) mass is 447 g/mol. The number of hydrogen-bond donors (Lipinski definition) is 1. The molecular formula is C23H24F3N3O3. The number of amides is 1. The quantitative estimate of drug-likeness (QED) is 0.573. The van der Waals surface area contributed by atoms with Crippen molar-refractivity contribution in [1.82, 2.24) is 15.1 Å². The van der Waals surface area contributed by atoms with Gasteiger partial charge in [-0.25, -0.2) is 4.68 Å². The van der Waals surface area contributed by atoms with Gasteiger partial charge in [0.2, 0.25) is 5.91 Å². The van der Waals surface area contributed by atoms with E-state index >= 15 is 0 Å². The highest BCUT2D eigenvalue weighted by Gasteiger charge is 2.30. The fourth-order valence-electron chi connectivity index (χ4n) is 3.47. The summed E-state index contributed by atoms with van der Waals surface area (Å²) >= 11 is 0. The maximum absolute atomic E-state index is 13.0. The predicted octanol–water partition coefficient (Wildman–Crippen LogP) is 4.64. The van der Waals surface area contributed by atoms with Crippen molar-refractivity contribution in [3.8, 4) is 17.2 Å². The fraction of sp³-hybridized carbons (Fsp3) is 0.304. The van der Waals surface area contributed by atoms with E-state index < -0.39 is 11.7 Å².